The molecule has 0 radical (unpaired) electrons. The second-order valence-corrected chi connectivity index (χ2v) is 6.47. The van der Waals surface area contributed by atoms with Crippen molar-refractivity contribution in [3.05, 3.63) is 53.6 Å². The Kier molecular flexibility index (Phi) is 4.20. The molecular formula is C15H18N2O3S. The van der Waals surface area contributed by atoms with E-state index in [0.717, 1.165) is 11.3 Å². The second kappa shape index (κ2) is 5.75. The maximum Gasteiger partial charge on any atom is 0.294 e. The topological polar surface area (TPSA) is 83.6 Å². The Morgan fingerprint density at radius 2 is 1.71 bits per heavy atom. The van der Waals surface area contributed by atoms with E-state index in [-0.39, 0.29) is 4.90 Å². The normalized spacial score (nSPS) is 11.4. The standard InChI is InChI=1S/C15H18N2O3S/c1-17(2)14-6-3-11(4-7-14)9-12-10-13(16)5-8-15(12)21(18,19)20/h3-8,10H,9,16H2,1-2H3,(H,18,19,20). The molecule has 0 amide bonds. The molecule has 0 bridgehead atoms. The van der Waals surface area contributed by atoms with Gasteiger partial charge in [0.2, 0.25) is 0 Å². The molecule has 0 aromatic heterocycles. The molecule has 0 aliphatic heterocycles. The van der Waals surface area contributed by atoms with E-state index in [2.05, 4.69) is 0 Å². The average Bonchev–Trinajstić information content (AvgIpc) is 2.38. The van der Waals surface area contributed by atoms with E-state index in [0.29, 0.717) is 17.7 Å². The molecule has 0 unspecified atom stereocenters. The van der Waals surface area contributed by atoms with Crippen molar-refractivity contribution in [1.82, 2.24) is 0 Å². The van der Waals surface area contributed by atoms with E-state index < -0.39 is 10.1 Å². The monoisotopic (exact) mass is 306 g/mol. The van der Waals surface area contributed by atoms with Crippen molar-refractivity contribution in [1.29, 1.82) is 0 Å². The van der Waals surface area contributed by atoms with Gasteiger partial charge in [0.25, 0.3) is 10.1 Å². The predicted octanol–water partition coefficient (Wildman–Crippen LogP) is 2.17. The van der Waals surface area contributed by atoms with Crippen LogP contribution in [0.5, 0.6) is 0 Å². The van der Waals surface area contributed by atoms with Gasteiger partial charge in [-0.15, -0.1) is 0 Å². The zero-order chi connectivity index (χ0) is 15.6. The lowest BCUT2D eigenvalue weighted by molar-refractivity contribution is 0.482. The first kappa shape index (κ1) is 15.3. The lowest BCUT2D eigenvalue weighted by Crippen LogP contribution is -2.08. The Hall–Kier alpha value is -2.05. The SMILES string of the molecule is CN(C)c1ccc(Cc2cc(N)ccc2S(=O)(=O)O)cc1. The minimum absolute atomic E-state index is 0.103. The maximum atomic E-state index is 11.4. The fraction of sp³-hybridized carbons (Fsp3) is 0.200. The Bertz CT molecular complexity index is 738. The van der Waals surface area contributed by atoms with Crippen LogP contribution in [0.25, 0.3) is 0 Å². The van der Waals surface area contributed by atoms with Gasteiger partial charge in [-0.1, -0.05) is 12.1 Å². The summed E-state index contributed by atoms with van der Waals surface area (Å²) in [4.78, 5) is 1.88. The van der Waals surface area contributed by atoms with Gasteiger partial charge in [0, 0.05) is 25.5 Å². The van der Waals surface area contributed by atoms with Gasteiger partial charge >= 0.3 is 0 Å². The van der Waals surface area contributed by atoms with E-state index in [1.165, 1.54) is 12.1 Å². The molecule has 2 aromatic rings. The summed E-state index contributed by atoms with van der Waals surface area (Å²) in [5.41, 5.74) is 8.64. The summed E-state index contributed by atoms with van der Waals surface area (Å²) in [5, 5.41) is 0. The number of hydrogen-bond acceptors (Lipinski definition) is 4. The molecule has 0 saturated carbocycles. The van der Waals surface area contributed by atoms with Crippen LogP contribution in [0.1, 0.15) is 11.1 Å². The third kappa shape index (κ3) is 3.74. The summed E-state index contributed by atoms with van der Waals surface area (Å²) in [6, 6.07) is 12.1. The largest absolute Gasteiger partial charge is 0.399 e. The highest BCUT2D eigenvalue weighted by atomic mass is 32.2. The molecule has 0 aliphatic rings. The molecule has 0 atom stereocenters. The molecule has 2 aromatic carbocycles. The van der Waals surface area contributed by atoms with Crippen LogP contribution in [0.15, 0.2) is 47.4 Å². The summed E-state index contributed by atoms with van der Waals surface area (Å²) >= 11 is 0. The van der Waals surface area contributed by atoms with Gasteiger partial charge in [0.1, 0.15) is 0 Å². The Morgan fingerprint density at radius 1 is 1.10 bits per heavy atom. The van der Waals surface area contributed by atoms with Crippen molar-refractivity contribution in [2.24, 2.45) is 0 Å². The van der Waals surface area contributed by atoms with Gasteiger partial charge < -0.3 is 10.6 Å². The first-order valence-electron chi connectivity index (χ1n) is 6.39. The Morgan fingerprint density at radius 3 is 2.24 bits per heavy atom. The molecule has 0 spiro atoms. The zero-order valence-electron chi connectivity index (χ0n) is 11.9. The smallest absolute Gasteiger partial charge is 0.294 e. The number of nitrogens with zero attached hydrogens (tertiary/aromatic N) is 1. The maximum absolute atomic E-state index is 11.4. The average molecular weight is 306 g/mol. The molecule has 6 heteroatoms. The van der Waals surface area contributed by atoms with Crippen molar-refractivity contribution in [3.63, 3.8) is 0 Å². The molecule has 0 saturated heterocycles. The van der Waals surface area contributed by atoms with Crippen LogP contribution in [-0.2, 0) is 16.5 Å². The fourth-order valence-electron chi connectivity index (χ4n) is 2.12. The first-order chi connectivity index (χ1) is 9.77. The van der Waals surface area contributed by atoms with Crippen LogP contribution in [0.4, 0.5) is 11.4 Å². The van der Waals surface area contributed by atoms with Crippen LogP contribution in [0.3, 0.4) is 0 Å². The third-order valence-corrected chi connectivity index (χ3v) is 4.16. The molecule has 2 rings (SSSR count). The van der Waals surface area contributed by atoms with Gasteiger partial charge in [-0.2, -0.15) is 8.42 Å². The van der Waals surface area contributed by atoms with E-state index in [1.807, 2.05) is 43.3 Å². The van der Waals surface area contributed by atoms with Gasteiger partial charge in [-0.25, -0.2) is 0 Å². The molecule has 3 N–H and O–H groups in total. The van der Waals surface area contributed by atoms with E-state index in [9.17, 15) is 13.0 Å². The molecule has 21 heavy (non-hydrogen) atoms. The first-order valence-corrected chi connectivity index (χ1v) is 7.83. The minimum atomic E-state index is -4.26. The van der Waals surface area contributed by atoms with Gasteiger partial charge in [0.15, 0.2) is 0 Å². The van der Waals surface area contributed by atoms with Crippen molar-refractivity contribution in [2.75, 3.05) is 24.7 Å². The summed E-state index contributed by atoms with van der Waals surface area (Å²) < 4.78 is 32.1. The number of rotatable bonds is 4. The van der Waals surface area contributed by atoms with Crippen molar-refractivity contribution < 1.29 is 13.0 Å². The predicted molar refractivity (Wildman–Crippen MR) is 84.2 cm³/mol. The summed E-state index contributed by atoms with van der Waals surface area (Å²) in [6.07, 6.45) is 0.383. The lowest BCUT2D eigenvalue weighted by atomic mass is 10.0. The van der Waals surface area contributed by atoms with Crippen LogP contribution in [0, 0.1) is 0 Å². The molecule has 112 valence electrons. The fourth-order valence-corrected chi connectivity index (χ4v) is 2.82. The van der Waals surface area contributed by atoms with Gasteiger partial charge in [-0.3, -0.25) is 4.55 Å². The summed E-state index contributed by atoms with van der Waals surface area (Å²) in [7, 11) is -0.360. The molecule has 0 aliphatic carbocycles. The van der Waals surface area contributed by atoms with Crippen LogP contribution < -0.4 is 10.6 Å². The van der Waals surface area contributed by atoms with E-state index in [4.69, 9.17) is 5.73 Å². The van der Waals surface area contributed by atoms with Crippen molar-refractivity contribution in [3.8, 4) is 0 Å². The highest BCUT2D eigenvalue weighted by Gasteiger charge is 2.15. The van der Waals surface area contributed by atoms with Gasteiger partial charge in [-0.05, 0) is 47.9 Å². The van der Waals surface area contributed by atoms with Crippen molar-refractivity contribution in [2.45, 2.75) is 11.3 Å². The highest BCUT2D eigenvalue weighted by molar-refractivity contribution is 7.85. The van der Waals surface area contributed by atoms with Crippen molar-refractivity contribution >= 4 is 21.5 Å². The van der Waals surface area contributed by atoms with E-state index >= 15 is 0 Å². The van der Waals surface area contributed by atoms with Crippen LogP contribution >= 0.6 is 0 Å². The Labute approximate surface area is 124 Å². The summed E-state index contributed by atoms with van der Waals surface area (Å²) in [6.45, 7) is 0. The number of nitrogen functional groups attached to an aromatic ring is 1. The Balaban J connectivity index is 2.37. The number of anilines is 2. The molecule has 5 nitrogen and oxygen atoms in total. The second-order valence-electron chi connectivity index (χ2n) is 5.08. The van der Waals surface area contributed by atoms with Gasteiger partial charge in [0.05, 0.1) is 4.90 Å². The number of hydrogen-bond donors (Lipinski definition) is 2. The minimum Gasteiger partial charge on any atom is -0.399 e. The third-order valence-electron chi connectivity index (χ3n) is 3.21. The van der Waals surface area contributed by atoms with Crippen LogP contribution in [-0.4, -0.2) is 27.1 Å². The molecule has 0 heterocycles. The number of nitrogens with two attached hydrogens (primary N) is 1. The summed E-state index contributed by atoms with van der Waals surface area (Å²) in [5.74, 6) is 0. The lowest BCUT2D eigenvalue weighted by Gasteiger charge is -2.13. The van der Waals surface area contributed by atoms with E-state index in [1.54, 1.807) is 6.07 Å². The quantitative estimate of drug-likeness (QED) is 0.668. The zero-order valence-corrected chi connectivity index (χ0v) is 12.8. The number of benzene rings is 2. The molecular weight excluding hydrogens is 288 g/mol. The molecule has 0 fully saturated rings. The highest BCUT2D eigenvalue weighted by Crippen LogP contribution is 2.23. The van der Waals surface area contributed by atoms with Crippen LogP contribution in [0.2, 0.25) is 0 Å².